The molecule has 1 amide bonds. The first kappa shape index (κ1) is 19.6. The van der Waals surface area contributed by atoms with Gasteiger partial charge in [0.25, 0.3) is 5.56 Å². The molecule has 0 fully saturated rings. The van der Waals surface area contributed by atoms with Crippen molar-refractivity contribution in [1.82, 2.24) is 20.5 Å². The van der Waals surface area contributed by atoms with Crippen molar-refractivity contribution in [3.05, 3.63) is 40.3 Å². The third-order valence-corrected chi connectivity index (χ3v) is 3.46. The highest BCUT2D eigenvalue weighted by molar-refractivity contribution is 5.76. The van der Waals surface area contributed by atoms with Gasteiger partial charge in [0, 0.05) is 32.1 Å². The van der Waals surface area contributed by atoms with E-state index in [4.69, 9.17) is 9.47 Å². The third-order valence-electron chi connectivity index (χ3n) is 3.46. The Labute approximate surface area is 152 Å². The molecule has 1 heterocycles. The summed E-state index contributed by atoms with van der Waals surface area (Å²) in [6.07, 6.45) is 0.434. The lowest BCUT2D eigenvalue weighted by atomic mass is 10.2. The Morgan fingerprint density at radius 1 is 1.31 bits per heavy atom. The van der Waals surface area contributed by atoms with E-state index in [1.807, 2.05) is 32.0 Å². The molecule has 8 heteroatoms. The molecule has 2 aromatic rings. The van der Waals surface area contributed by atoms with Gasteiger partial charge in [-0.05, 0) is 26.0 Å². The average Bonchev–Trinajstić information content (AvgIpc) is 2.60. The Hall–Kier alpha value is -2.74. The molecular formula is C18H24N4O4. The molecule has 26 heavy (non-hydrogen) atoms. The van der Waals surface area contributed by atoms with Gasteiger partial charge < -0.3 is 19.8 Å². The van der Waals surface area contributed by atoms with Crippen LogP contribution in [-0.2, 0) is 16.0 Å². The van der Waals surface area contributed by atoms with Gasteiger partial charge >= 0.3 is 0 Å². The van der Waals surface area contributed by atoms with E-state index >= 15 is 0 Å². The molecule has 1 aromatic carbocycles. The average molecular weight is 360 g/mol. The zero-order chi connectivity index (χ0) is 18.9. The molecule has 0 aliphatic heterocycles. The number of benzene rings is 1. The summed E-state index contributed by atoms with van der Waals surface area (Å²) < 4.78 is 10.5. The van der Waals surface area contributed by atoms with E-state index in [-0.39, 0.29) is 36.1 Å². The monoisotopic (exact) mass is 360 g/mol. The number of nitrogens with one attached hydrogen (secondary N) is 2. The van der Waals surface area contributed by atoms with Gasteiger partial charge in [0.05, 0.1) is 12.7 Å². The molecule has 0 spiro atoms. The van der Waals surface area contributed by atoms with E-state index in [1.165, 1.54) is 0 Å². The van der Waals surface area contributed by atoms with Crippen LogP contribution in [0.25, 0.3) is 11.4 Å². The standard InChI is InChI=1S/C18H24N4O4/c1-12(2)26-14-6-4-5-13(11-14)17-20-18(24)15(21-22-17)7-8-16(23)19-9-10-25-3/h4-6,11-12H,7-10H2,1-3H3,(H,19,23)(H,20,22,24). The van der Waals surface area contributed by atoms with Gasteiger partial charge in [-0.15, -0.1) is 10.2 Å². The molecule has 2 rings (SSSR count). The Kier molecular flexibility index (Phi) is 7.28. The molecule has 0 saturated heterocycles. The van der Waals surface area contributed by atoms with Gasteiger partial charge in [-0.2, -0.15) is 0 Å². The van der Waals surface area contributed by atoms with Crippen molar-refractivity contribution in [1.29, 1.82) is 0 Å². The maximum atomic E-state index is 12.2. The van der Waals surface area contributed by atoms with Crippen molar-refractivity contribution in [2.24, 2.45) is 0 Å². The van der Waals surface area contributed by atoms with Crippen molar-refractivity contribution >= 4 is 5.91 Å². The van der Waals surface area contributed by atoms with E-state index in [1.54, 1.807) is 13.2 Å². The largest absolute Gasteiger partial charge is 0.491 e. The van der Waals surface area contributed by atoms with Crippen LogP contribution < -0.4 is 15.6 Å². The summed E-state index contributed by atoms with van der Waals surface area (Å²) in [4.78, 5) is 26.6. The minimum Gasteiger partial charge on any atom is -0.491 e. The molecule has 140 valence electrons. The van der Waals surface area contributed by atoms with Gasteiger partial charge in [-0.3, -0.25) is 9.59 Å². The number of amides is 1. The summed E-state index contributed by atoms with van der Waals surface area (Å²) in [5.41, 5.74) is 0.580. The molecule has 1 aromatic heterocycles. The topological polar surface area (TPSA) is 106 Å². The molecule has 8 nitrogen and oxygen atoms in total. The van der Waals surface area contributed by atoms with Crippen LogP contribution in [0.1, 0.15) is 26.0 Å². The Morgan fingerprint density at radius 2 is 2.12 bits per heavy atom. The van der Waals surface area contributed by atoms with Crippen LogP contribution in [-0.4, -0.2) is 47.5 Å². The number of H-pyrrole nitrogens is 1. The summed E-state index contributed by atoms with van der Waals surface area (Å²) in [7, 11) is 1.56. The van der Waals surface area contributed by atoms with E-state index in [0.717, 1.165) is 0 Å². The number of aromatic nitrogens is 3. The maximum Gasteiger partial charge on any atom is 0.273 e. The molecule has 0 saturated carbocycles. The van der Waals surface area contributed by atoms with Crippen LogP contribution >= 0.6 is 0 Å². The summed E-state index contributed by atoms with van der Waals surface area (Å²) in [5, 5.41) is 10.7. The summed E-state index contributed by atoms with van der Waals surface area (Å²) in [5.74, 6) is 0.889. The zero-order valence-electron chi connectivity index (χ0n) is 15.2. The fraction of sp³-hybridized carbons (Fsp3) is 0.444. The summed E-state index contributed by atoms with van der Waals surface area (Å²) >= 11 is 0. The number of ether oxygens (including phenoxy) is 2. The number of carbonyl (C=O) groups is 1. The van der Waals surface area contributed by atoms with Crippen LogP contribution in [0.4, 0.5) is 0 Å². The van der Waals surface area contributed by atoms with Crippen LogP contribution in [0.5, 0.6) is 5.75 Å². The normalized spacial score (nSPS) is 10.8. The lowest BCUT2D eigenvalue weighted by molar-refractivity contribution is -0.121. The fourth-order valence-corrected chi connectivity index (χ4v) is 2.26. The first-order valence-corrected chi connectivity index (χ1v) is 8.48. The van der Waals surface area contributed by atoms with Crippen molar-refractivity contribution in [3.8, 4) is 17.1 Å². The SMILES string of the molecule is COCCNC(=O)CCc1nnc(-c2cccc(OC(C)C)c2)[nH]c1=O. The molecular weight excluding hydrogens is 336 g/mol. The predicted octanol–water partition coefficient (Wildman–Crippen LogP) is 1.31. The molecule has 0 aliphatic rings. The van der Waals surface area contributed by atoms with E-state index < -0.39 is 0 Å². The minimum absolute atomic E-state index is 0.0489. The maximum absolute atomic E-state index is 12.2. The smallest absolute Gasteiger partial charge is 0.273 e. The number of carbonyl (C=O) groups excluding carboxylic acids is 1. The minimum atomic E-state index is -0.352. The molecule has 0 unspecified atom stereocenters. The number of hydrogen-bond donors (Lipinski definition) is 2. The second kappa shape index (κ2) is 9.67. The number of aromatic amines is 1. The van der Waals surface area contributed by atoms with E-state index in [9.17, 15) is 9.59 Å². The second-order valence-electron chi connectivity index (χ2n) is 5.99. The highest BCUT2D eigenvalue weighted by Crippen LogP contribution is 2.20. The van der Waals surface area contributed by atoms with E-state index in [0.29, 0.717) is 30.3 Å². The molecule has 0 aliphatic carbocycles. The Morgan fingerprint density at radius 3 is 2.81 bits per heavy atom. The second-order valence-corrected chi connectivity index (χ2v) is 5.99. The number of nitrogens with zero attached hydrogens (tertiary/aromatic N) is 2. The highest BCUT2D eigenvalue weighted by atomic mass is 16.5. The zero-order valence-corrected chi connectivity index (χ0v) is 15.2. The van der Waals surface area contributed by atoms with Gasteiger partial charge in [0.2, 0.25) is 5.91 Å². The van der Waals surface area contributed by atoms with Crippen LogP contribution in [0.3, 0.4) is 0 Å². The lowest BCUT2D eigenvalue weighted by Gasteiger charge is -2.10. The fourth-order valence-electron chi connectivity index (χ4n) is 2.26. The van der Waals surface area contributed by atoms with Crippen LogP contribution in [0.2, 0.25) is 0 Å². The first-order chi connectivity index (χ1) is 12.5. The highest BCUT2D eigenvalue weighted by Gasteiger charge is 2.10. The van der Waals surface area contributed by atoms with Crippen molar-refractivity contribution in [2.45, 2.75) is 32.8 Å². The lowest BCUT2D eigenvalue weighted by Crippen LogP contribution is -2.28. The number of rotatable bonds is 9. The number of hydrogen-bond acceptors (Lipinski definition) is 6. The van der Waals surface area contributed by atoms with Gasteiger partial charge in [-0.1, -0.05) is 12.1 Å². The van der Waals surface area contributed by atoms with Crippen molar-refractivity contribution in [2.75, 3.05) is 20.3 Å². The third kappa shape index (κ3) is 5.96. The molecule has 0 bridgehead atoms. The molecule has 2 N–H and O–H groups in total. The number of aryl methyl sites for hydroxylation is 1. The summed E-state index contributed by atoms with van der Waals surface area (Å²) in [6, 6.07) is 7.27. The van der Waals surface area contributed by atoms with Crippen LogP contribution in [0.15, 0.2) is 29.1 Å². The Bertz CT molecular complexity index is 789. The Balaban J connectivity index is 2.03. The van der Waals surface area contributed by atoms with E-state index in [2.05, 4.69) is 20.5 Å². The van der Waals surface area contributed by atoms with Gasteiger partial charge in [0.15, 0.2) is 5.82 Å². The summed E-state index contributed by atoms with van der Waals surface area (Å²) in [6.45, 7) is 4.76. The van der Waals surface area contributed by atoms with Crippen molar-refractivity contribution in [3.63, 3.8) is 0 Å². The number of methoxy groups -OCH3 is 1. The van der Waals surface area contributed by atoms with Gasteiger partial charge in [-0.25, -0.2) is 0 Å². The molecule has 0 atom stereocenters. The van der Waals surface area contributed by atoms with Gasteiger partial charge in [0.1, 0.15) is 11.4 Å². The quantitative estimate of drug-likeness (QED) is 0.653. The van der Waals surface area contributed by atoms with Crippen molar-refractivity contribution < 1.29 is 14.3 Å². The predicted molar refractivity (Wildman–Crippen MR) is 97.1 cm³/mol. The van der Waals surface area contributed by atoms with Crippen LogP contribution in [0, 0.1) is 0 Å². The first-order valence-electron chi connectivity index (χ1n) is 8.48. The molecule has 0 radical (unpaired) electrons.